The van der Waals surface area contributed by atoms with Crippen LogP contribution in [0.25, 0.3) is 11.1 Å². The maximum Gasteiger partial charge on any atom is 0.417 e. The van der Waals surface area contributed by atoms with Gasteiger partial charge in [0.1, 0.15) is 0 Å². The van der Waals surface area contributed by atoms with Gasteiger partial charge in [0.2, 0.25) is 0 Å². The summed E-state index contributed by atoms with van der Waals surface area (Å²) in [7, 11) is 0. The Morgan fingerprint density at radius 1 is 1.38 bits per heavy atom. The molecule has 0 saturated carbocycles. The summed E-state index contributed by atoms with van der Waals surface area (Å²) in [6, 6.07) is 3.45. The average molecular weight is 287 g/mol. The zero-order valence-corrected chi connectivity index (χ0v) is 11.5. The number of hydrogen-bond donors (Lipinski definition) is 3. The molecule has 3 aromatic rings. The fourth-order valence-electron chi connectivity index (χ4n) is 2.23. The normalized spacial score (nSPS) is 11.0. The smallest absolute Gasteiger partial charge is 0.408 e. The zero-order valence-electron chi connectivity index (χ0n) is 11.5. The van der Waals surface area contributed by atoms with E-state index in [0.717, 1.165) is 31.6 Å². The van der Waals surface area contributed by atoms with Crippen LogP contribution in [0.1, 0.15) is 12.8 Å². The van der Waals surface area contributed by atoms with Crippen molar-refractivity contribution in [3.05, 3.63) is 41.4 Å². The number of nitrogens with two attached hydrogens (primary N) is 1. The summed E-state index contributed by atoms with van der Waals surface area (Å²) in [6.45, 7) is 1.76. The molecule has 2 aromatic heterocycles. The van der Waals surface area contributed by atoms with Crippen LogP contribution in [0.2, 0.25) is 0 Å². The summed E-state index contributed by atoms with van der Waals surface area (Å²) < 4.78 is 7.01. The Kier molecular flexibility index (Phi) is 3.63. The Labute approximate surface area is 120 Å². The van der Waals surface area contributed by atoms with Gasteiger partial charge in [-0.2, -0.15) is 0 Å². The molecule has 3 rings (SSSR count). The number of nitrogen functional groups attached to an aromatic ring is 1. The second-order valence-electron chi connectivity index (χ2n) is 4.88. The molecule has 0 fully saturated rings. The van der Waals surface area contributed by atoms with E-state index in [1.807, 2.05) is 12.5 Å². The van der Waals surface area contributed by atoms with Crippen LogP contribution in [0.15, 0.2) is 40.1 Å². The van der Waals surface area contributed by atoms with Gasteiger partial charge in [-0.05, 0) is 18.9 Å². The number of aryl methyl sites for hydroxylation is 1. The Balaban J connectivity index is 1.55. The van der Waals surface area contributed by atoms with Crippen LogP contribution < -0.4 is 16.8 Å². The number of benzene rings is 1. The van der Waals surface area contributed by atoms with Gasteiger partial charge in [0, 0.05) is 31.5 Å². The number of unbranched alkanes of at least 4 members (excludes halogenated alkanes) is 1. The van der Waals surface area contributed by atoms with Crippen molar-refractivity contribution in [2.24, 2.45) is 0 Å². The molecule has 0 atom stereocenters. The quantitative estimate of drug-likeness (QED) is 0.474. The molecular weight excluding hydrogens is 270 g/mol. The maximum absolute atomic E-state index is 11.1. The van der Waals surface area contributed by atoms with Crippen LogP contribution in [0.4, 0.5) is 11.4 Å². The van der Waals surface area contributed by atoms with Gasteiger partial charge in [0.05, 0.1) is 23.2 Å². The number of aromatic amines is 1. The summed E-state index contributed by atoms with van der Waals surface area (Å²) in [5, 5.41) is 3.28. The molecule has 7 heteroatoms. The molecular formula is C14H17N5O2. The van der Waals surface area contributed by atoms with E-state index in [9.17, 15) is 4.79 Å². The number of rotatable bonds is 6. The minimum absolute atomic E-state index is 0.470. The Hall–Kier alpha value is -2.70. The van der Waals surface area contributed by atoms with Crippen molar-refractivity contribution < 1.29 is 4.42 Å². The molecule has 4 N–H and O–H groups in total. The molecule has 0 unspecified atom stereocenters. The van der Waals surface area contributed by atoms with Gasteiger partial charge < -0.3 is 20.0 Å². The predicted octanol–water partition coefficient (Wildman–Crippen LogP) is 1.79. The molecule has 0 aliphatic carbocycles. The second-order valence-corrected chi connectivity index (χ2v) is 4.88. The van der Waals surface area contributed by atoms with E-state index in [2.05, 4.69) is 19.9 Å². The van der Waals surface area contributed by atoms with Crippen LogP contribution in [-0.2, 0) is 6.54 Å². The molecule has 7 nitrogen and oxygen atoms in total. The van der Waals surface area contributed by atoms with Crippen LogP contribution in [0.3, 0.4) is 0 Å². The first-order chi connectivity index (χ1) is 10.2. The van der Waals surface area contributed by atoms with E-state index in [1.165, 1.54) is 0 Å². The molecule has 0 saturated heterocycles. The van der Waals surface area contributed by atoms with E-state index in [-0.39, 0.29) is 0 Å². The SMILES string of the molecule is Nc1cc2oc(=O)[nH]c2cc1NCCCCn1ccnc1. The number of H-pyrrole nitrogens is 1. The van der Waals surface area contributed by atoms with Gasteiger partial charge >= 0.3 is 5.76 Å². The average Bonchev–Trinajstić information content (AvgIpc) is 3.07. The standard InChI is InChI=1S/C14H17N5O2/c15-10-7-13-12(18-14(20)21-13)8-11(10)17-3-1-2-5-19-6-4-16-9-19/h4,6-9,17H,1-3,5,15H2,(H,18,20). The zero-order chi connectivity index (χ0) is 14.7. The van der Waals surface area contributed by atoms with Crippen molar-refractivity contribution in [3.8, 4) is 0 Å². The highest BCUT2D eigenvalue weighted by Gasteiger charge is 2.06. The van der Waals surface area contributed by atoms with E-state index in [4.69, 9.17) is 10.2 Å². The third kappa shape index (κ3) is 3.07. The number of hydrogen-bond acceptors (Lipinski definition) is 5. The lowest BCUT2D eigenvalue weighted by Crippen LogP contribution is -2.05. The Bertz CT molecular complexity index is 772. The second kappa shape index (κ2) is 5.74. The third-order valence-electron chi connectivity index (χ3n) is 3.31. The molecule has 2 heterocycles. The van der Waals surface area contributed by atoms with Crippen molar-refractivity contribution >= 4 is 22.5 Å². The molecule has 1 aromatic carbocycles. The van der Waals surface area contributed by atoms with Crippen LogP contribution in [0, 0.1) is 0 Å². The van der Waals surface area contributed by atoms with Gasteiger partial charge in [-0.15, -0.1) is 0 Å². The van der Waals surface area contributed by atoms with Gasteiger partial charge in [-0.25, -0.2) is 9.78 Å². The van der Waals surface area contributed by atoms with Crippen molar-refractivity contribution in [1.29, 1.82) is 0 Å². The molecule has 21 heavy (non-hydrogen) atoms. The molecule has 110 valence electrons. The van der Waals surface area contributed by atoms with Gasteiger partial charge in [-0.3, -0.25) is 4.98 Å². The predicted molar refractivity (Wildman–Crippen MR) is 81.2 cm³/mol. The molecule has 0 radical (unpaired) electrons. The van der Waals surface area contributed by atoms with E-state index < -0.39 is 5.76 Å². The van der Waals surface area contributed by atoms with Gasteiger partial charge in [-0.1, -0.05) is 0 Å². The monoisotopic (exact) mass is 287 g/mol. The number of anilines is 2. The largest absolute Gasteiger partial charge is 0.417 e. The van der Waals surface area contributed by atoms with Crippen molar-refractivity contribution in [2.45, 2.75) is 19.4 Å². The lowest BCUT2D eigenvalue weighted by Gasteiger charge is -2.09. The number of fused-ring (bicyclic) bond motifs is 1. The highest BCUT2D eigenvalue weighted by atomic mass is 16.4. The van der Waals surface area contributed by atoms with E-state index in [0.29, 0.717) is 16.8 Å². The first-order valence-electron chi connectivity index (χ1n) is 6.84. The first kappa shape index (κ1) is 13.3. The number of imidazole rings is 1. The summed E-state index contributed by atoms with van der Waals surface area (Å²) in [5.74, 6) is -0.470. The van der Waals surface area contributed by atoms with Crippen LogP contribution in [-0.4, -0.2) is 21.1 Å². The topological polar surface area (TPSA) is 102 Å². The molecule has 0 aliphatic heterocycles. The molecule has 0 aliphatic rings. The summed E-state index contributed by atoms with van der Waals surface area (Å²) in [6.07, 6.45) is 7.61. The Morgan fingerprint density at radius 2 is 2.29 bits per heavy atom. The van der Waals surface area contributed by atoms with Crippen LogP contribution in [0.5, 0.6) is 0 Å². The molecule has 0 bridgehead atoms. The van der Waals surface area contributed by atoms with Crippen molar-refractivity contribution in [1.82, 2.24) is 14.5 Å². The van der Waals surface area contributed by atoms with E-state index in [1.54, 1.807) is 18.3 Å². The lowest BCUT2D eigenvalue weighted by atomic mass is 10.2. The summed E-state index contributed by atoms with van der Waals surface area (Å²) >= 11 is 0. The fraction of sp³-hybridized carbons (Fsp3) is 0.286. The van der Waals surface area contributed by atoms with Crippen molar-refractivity contribution in [2.75, 3.05) is 17.6 Å². The summed E-state index contributed by atoms with van der Waals surface area (Å²) in [5.41, 5.74) is 8.44. The Morgan fingerprint density at radius 3 is 3.10 bits per heavy atom. The molecule has 0 spiro atoms. The van der Waals surface area contributed by atoms with Gasteiger partial charge in [0.25, 0.3) is 0 Å². The minimum atomic E-state index is -0.470. The number of aromatic nitrogens is 3. The fourth-order valence-corrected chi connectivity index (χ4v) is 2.23. The number of oxazole rings is 1. The minimum Gasteiger partial charge on any atom is -0.408 e. The number of nitrogens with one attached hydrogen (secondary N) is 2. The van der Waals surface area contributed by atoms with Crippen LogP contribution >= 0.6 is 0 Å². The number of nitrogens with zero attached hydrogens (tertiary/aromatic N) is 2. The molecule has 0 amide bonds. The van der Waals surface area contributed by atoms with Gasteiger partial charge in [0.15, 0.2) is 5.58 Å². The lowest BCUT2D eigenvalue weighted by molar-refractivity contribution is 0.555. The maximum atomic E-state index is 11.1. The highest BCUT2D eigenvalue weighted by molar-refractivity contribution is 5.85. The highest BCUT2D eigenvalue weighted by Crippen LogP contribution is 2.24. The third-order valence-corrected chi connectivity index (χ3v) is 3.31. The van der Waals surface area contributed by atoms with Crippen molar-refractivity contribution in [3.63, 3.8) is 0 Å². The summed E-state index contributed by atoms with van der Waals surface area (Å²) in [4.78, 5) is 17.8. The first-order valence-corrected chi connectivity index (χ1v) is 6.84. The van der Waals surface area contributed by atoms with E-state index >= 15 is 0 Å².